The van der Waals surface area contributed by atoms with Gasteiger partial charge in [0.1, 0.15) is 11.5 Å². The Morgan fingerprint density at radius 1 is 1.00 bits per heavy atom. The molecule has 1 aromatic carbocycles. The maximum absolute atomic E-state index is 12.0. The number of nitrogens with one attached hydrogen (secondary N) is 2. The average molecular weight is 358 g/mol. The lowest BCUT2D eigenvalue weighted by Crippen LogP contribution is -2.48. The summed E-state index contributed by atoms with van der Waals surface area (Å²) in [7, 11) is 1.63. The van der Waals surface area contributed by atoms with Gasteiger partial charge in [-0.1, -0.05) is 0 Å². The first-order chi connectivity index (χ1) is 12.6. The predicted molar refractivity (Wildman–Crippen MR) is 100 cm³/mol. The van der Waals surface area contributed by atoms with Gasteiger partial charge in [0.15, 0.2) is 6.73 Å². The molecule has 5 nitrogen and oxygen atoms in total. The van der Waals surface area contributed by atoms with E-state index in [1.165, 1.54) is 38.5 Å². The van der Waals surface area contributed by atoms with Gasteiger partial charge in [0, 0.05) is 6.54 Å². The van der Waals surface area contributed by atoms with E-state index in [1.807, 2.05) is 24.3 Å². The third kappa shape index (κ3) is 3.92. The molecule has 0 saturated heterocycles. The fourth-order valence-electron chi connectivity index (χ4n) is 5.96. The van der Waals surface area contributed by atoms with Crippen LogP contribution < -0.4 is 20.1 Å². The second-order valence-electron chi connectivity index (χ2n) is 8.56. The minimum absolute atomic E-state index is 0.150. The van der Waals surface area contributed by atoms with Crippen LogP contribution in [0.25, 0.3) is 0 Å². The van der Waals surface area contributed by atoms with Crippen molar-refractivity contribution in [1.82, 2.24) is 10.6 Å². The van der Waals surface area contributed by atoms with E-state index in [0.717, 1.165) is 36.5 Å². The molecule has 0 aromatic heterocycles. The number of rotatable bonds is 7. The van der Waals surface area contributed by atoms with Gasteiger partial charge in [0.2, 0.25) is 0 Å². The van der Waals surface area contributed by atoms with Crippen LogP contribution in [0.4, 0.5) is 4.79 Å². The van der Waals surface area contributed by atoms with Crippen LogP contribution in [0.2, 0.25) is 0 Å². The van der Waals surface area contributed by atoms with Crippen LogP contribution >= 0.6 is 0 Å². The number of hydrogen-bond donors (Lipinski definition) is 2. The lowest BCUT2D eigenvalue weighted by atomic mass is 9.49. The molecule has 5 heteroatoms. The van der Waals surface area contributed by atoms with Crippen LogP contribution in [0.3, 0.4) is 0 Å². The summed E-state index contributed by atoms with van der Waals surface area (Å²) < 4.78 is 10.6. The van der Waals surface area contributed by atoms with Crippen LogP contribution in [0, 0.1) is 23.2 Å². The third-order valence-corrected chi connectivity index (χ3v) is 6.64. The molecule has 0 aliphatic heterocycles. The zero-order valence-corrected chi connectivity index (χ0v) is 15.6. The lowest BCUT2D eigenvalue weighted by Gasteiger charge is -2.57. The smallest absolute Gasteiger partial charge is 0.317 e. The summed E-state index contributed by atoms with van der Waals surface area (Å²) in [4.78, 5) is 12.0. The summed E-state index contributed by atoms with van der Waals surface area (Å²) in [5.41, 5.74) is 0.516. The number of hydrogen-bond acceptors (Lipinski definition) is 3. The van der Waals surface area contributed by atoms with Gasteiger partial charge in [-0.2, -0.15) is 0 Å². The first-order valence-electron chi connectivity index (χ1n) is 9.93. The summed E-state index contributed by atoms with van der Waals surface area (Å²) >= 11 is 0. The number of benzene rings is 1. The molecule has 0 spiro atoms. The van der Waals surface area contributed by atoms with E-state index in [4.69, 9.17) is 9.47 Å². The van der Waals surface area contributed by atoms with Gasteiger partial charge in [-0.3, -0.25) is 0 Å². The third-order valence-electron chi connectivity index (χ3n) is 6.64. The highest BCUT2D eigenvalue weighted by atomic mass is 16.5. The van der Waals surface area contributed by atoms with Gasteiger partial charge in [-0.25, -0.2) is 4.79 Å². The second kappa shape index (κ2) is 7.37. The molecule has 4 aliphatic rings. The van der Waals surface area contributed by atoms with E-state index in [1.54, 1.807) is 7.11 Å². The second-order valence-corrected chi connectivity index (χ2v) is 8.56. The van der Waals surface area contributed by atoms with Crippen LogP contribution in [-0.2, 0) is 0 Å². The number of methoxy groups -OCH3 is 1. The van der Waals surface area contributed by atoms with Gasteiger partial charge in [0.05, 0.1) is 7.11 Å². The summed E-state index contributed by atoms with van der Waals surface area (Å²) in [5, 5.41) is 5.78. The Bertz CT molecular complexity index is 593. The molecule has 0 radical (unpaired) electrons. The van der Waals surface area contributed by atoms with Crippen molar-refractivity contribution in [2.24, 2.45) is 23.2 Å². The number of amides is 2. The zero-order chi connectivity index (χ0) is 18.0. The number of ether oxygens (including phenoxy) is 2. The molecule has 4 bridgehead atoms. The minimum atomic E-state index is -0.150. The van der Waals surface area contributed by atoms with Gasteiger partial charge < -0.3 is 20.1 Å². The molecule has 4 saturated carbocycles. The number of urea groups is 1. The van der Waals surface area contributed by atoms with E-state index in [-0.39, 0.29) is 12.8 Å². The average Bonchev–Trinajstić information content (AvgIpc) is 2.61. The molecule has 2 N–H and O–H groups in total. The maximum Gasteiger partial charge on any atom is 0.317 e. The van der Waals surface area contributed by atoms with E-state index in [2.05, 4.69) is 10.6 Å². The highest BCUT2D eigenvalue weighted by Crippen LogP contribution is 2.61. The molecule has 2 amide bonds. The predicted octanol–water partition coefficient (Wildman–Crippen LogP) is 3.94. The normalized spacial score (nSPS) is 31.5. The Balaban J connectivity index is 1.15. The van der Waals surface area contributed by atoms with Crippen molar-refractivity contribution in [1.29, 1.82) is 0 Å². The first kappa shape index (κ1) is 17.5. The summed E-state index contributed by atoms with van der Waals surface area (Å²) in [5.74, 6) is 4.39. The molecule has 0 heterocycles. The van der Waals surface area contributed by atoms with Gasteiger partial charge in [0.25, 0.3) is 0 Å². The maximum atomic E-state index is 12.0. The van der Waals surface area contributed by atoms with Crippen LogP contribution in [-0.4, -0.2) is 26.4 Å². The fraction of sp³-hybridized carbons (Fsp3) is 0.667. The van der Waals surface area contributed by atoms with Crippen molar-refractivity contribution in [3.8, 4) is 11.5 Å². The number of carbonyl (C=O) groups excluding carboxylic acids is 1. The van der Waals surface area contributed by atoms with Crippen molar-refractivity contribution in [3.63, 3.8) is 0 Å². The van der Waals surface area contributed by atoms with Gasteiger partial charge >= 0.3 is 6.03 Å². The quantitative estimate of drug-likeness (QED) is 0.726. The topological polar surface area (TPSA) is 59.6 Å². The van der Waals surface area contributed by atoms with Crippen LogP contribution in [0.15, 0.2) is 24.3 Å². The molecule has 0 unspecified atom stereocenters. The molecular formula is C21H30N2O3. The monoisotopic (exact) mass is 358 g/mol. The Morgan fingerprint density at radius 3 is 2.15 bits per heavy atom. The molecule has 142 valence electrons. The standard InChI is InChI=1S/C21H30N2O3/c1-25-18-2-4-19(5-3-18)26-14-23-20(24)22-7-6-21-11-15-8-16(12-21)10-17(9-15)13-21/h2-5,15-17H,6-14H2,1H3,(H2,22,23,24). The Morgan fingerprint density at radius 2 is 1.58 bits per heavy atom. The van der Waals surface area contributed by atoms with E-state index >= 15 is 0 Å². The van der Waals surface area contributed by atoms with Gasteiger partial charge in [-0.05, 0) is 92.4 Å². The SMILES string of the molecule is COc1ccc(OCNC(=O)NCCC23CC4CC(CC(C4)C2)C3)cc1. The van der Waals surface area contributed by atoms with Crippen molar-refractivity contribution in [2.75, 3.05) is 20.4 Å². The molecule has 4 fully saturated rings. The lowest BCUT2D eigenvalue weighted by molar-refractivity contribution is -0.0563. The summed E-state index contributed by atoms with van der Waals surface area (Å²) in [6.45, 7) is 0.927. The van der Waals surface area contributed by atoms with Crippen molar-refractivity contribution in [2.45, 2.75) is 44.9 Å². The molecular weight excluding hydrogens is 328 g/mol. The largest absolute Gasteiger partial charge is 0.497 e. The summed E-state index contributed by atoms with van der Waals surface area (Å²) in [6.07, 6.45) is 9.71. The van der Waals surface area contributed by atoms with E-state index in [9.17, 15) is 4.79 Å². The zero-order valence-electron chi connectivity index (χ0n) is 15.6. The Labute approximate surface area is 155 Å². The number of carbonyl (C=O) groups is 1. The Hall–Kier alpha value is -1.91. The molecule has 1 aromatic rings. The Kier molecular flexibility index (Phi) is 4.96. The molecule has 4 aliphatic carbocycles. The van der Waals surface area contributed by atoms with E-state index < -0.39 is 0 Å². The van der Waals surface area contributed by atoms with E-state index in [0.29, 0.717) is 11.2 Å². The van der Waals surface area contributed by atoms with Crippen molar-refractivity contribution < 1.29 is 14.3 Å². The highest BCUT2D eigenvalue weighted by Gasteiger charge is 2.50. The minimum Gasteiger partial charge on any atom is -0.497 e. The fourth-order valence-corrected chi connectivity index (χ4v) is 5.96. The molecule has 26 heavy (non-hydrogen) atoms. The summed E-state index contributed by atoms with van der Waals surface area (Å²) in [6, 6.07) is 7.17. The highest BCUT2D eigenvalue weighted by molar-refractivity contribution is 5.73. The first-order valence-corrected chi connectivity index (χ1v) is 9.93. The van der Waals surface area contributed by atoms with Crippen LogP contribution in [0.1, 0.15) is 44.9 Å². The van der Waals surface area contributed by atoms with Crippen molar-refractivity contribution >= 4 is 6.03 Å². The molecule has 0 atom stereocenters. The van der Waals surface area contributed by atoms with Crippen molar-refractivity contribution in [3.05, 3.63) is 24.3 Å². The van der Waals surface area contributed by atoms with Crippen LogP contribution in [0.5, 0.6) is 11.5 Å². The molecule has 5 rings (SSSR count). The van der Waals surface area contributed by atoms with Gasteiger partial charge in [-0.15, -0.1) is 0 Å².